The molecule has 0 amide bonds. The highest BCUT2D eigenvalue weighted by atomic mass is 35.5. The number of nitrogens with two attached hydrogens (primary N) is 1. The number of rotatable bonds is 4. The van der Waals surface area contributed by atoms with Gasteiger partial charge in [-0.15, -0.1) is 11.6 Å². The normalized spacial score (nSPS) is 11.4. The van der Waals surface area contributed by atoms with Crippen molar-refractivity contribution in [3.05, 3.63) is 52.5 Å². The van der Waals surface area contributed by atoms with Gasteiger partial charge in [0.05, 0.1) is 6.42 Å². The Bertz CT molecular complexity index is 752. The maximum Gasteiger partial charge on any atom is 0.310 e. The van der Waals surface area contributed by atoms with Crippen LogP contribution in [0.5, 0.6) is 0 Å². The van der Waals surface area contributed by atoms with Gasteiger partial charge in [0.15, 0.2) is 0 Å². The zero-order chi connectivity index (χ0) is 17.9. The Morgan fingerprint density at radius 1 is 1.12 bits per heavy atom. The molecule has 0 saturated carbocycles. The highest BCUT2D eigenvalue weighted by Gasteiger charge is 2.17. The minimum absolute atomic E-state index is 0.206. The molecule has 0 heterocycles. The lowest BCUT2D eigenvalue weighted by atomic mass is 9.96. The molecule has 0 atom stereocenters. The van der Waals surface area contributed by atoms with Crippen LogP contribution < -0.4 is 5.73 Å². The van der Waals surface area contributed by atoms with Gasteiger partial charge in [0.1, 0.15) is 5.60 Å². The summed E-state index contributed by atoms with van der Waals surface area (Å²) in [7, 11) is 0. The average Bonchev–Trinajstić information content (AvgIpc) is 2.45. The minimum Gasteiger partial charge on any atom is -0.460 e. The van der Waals surface area contributed by atoms with Crippen LogP contribution in [0.1, 0.15) is 31.9 Å². The molecule has 128 valence electrons. The summed E-state index contributed by atoms with van der Waals surface area (Å²) in [5, 5.41) is 0.588. The van der Waals surface area contributed by atoms with Crippen molar-refractivity contribution in [2.75, 3.05) is 5.73 Å². The molecule has 2 N–H and O–H groups in total. The molecule has 0 aromatic heterocycles. The lowest BCUT2D eigenvalue weighted by molar-refractivity contribution is -0.153. The van der Waals surface area contributed by atoms with Gasteiger partial charge >= 0.3 is 5.97 Å². The number of benzene rings is 2. The molecule has 0 spiro atoms. The number of halogens is 2. The Kier molecular flexibility index (Phi) is 5.79. The summed E-state index contributed by atoms with van der Waals surface area (Å²) in [6.45, 7) is 5.55. The van der Waals surface area contributed by atoms with Crippen LogP contribution in [0.2, 0.25) is 5.02 Å². The van der Waals surface area contributed by atoms with Crippen LogP contribution in [-0.4, -0.2) is 11.6 Å². The van der Waals surface area contributed by atoms with Crippen LogP contribution in [0.15, 0.2) is 36.4 Å². The highest BCUT2D eigenvalue weighted by molar-refractivity contribution is 6.31. The zero-order valence-electron chi connectivity index (χ0n) is 14.0. The van der Waals surface area contributed by atoms with E-state index in [9.17, 15) is 4.79 Å². The fraction of sp³-hybridized carbons (Fsp3) is 0.316. The summed E-state index contributed by atoms with van der Waals surface area (Å²) in [6, 6.07) is 11.1. The number of carbonyl (C=O) groups is 1. The maximum atomic E-state index is 12.0. The number of carbonyl (C=O) groups excluding carboxylic acids is 1. The van der Waals surface area contributed by atoms with Crippen molar-refractivity contribution in [3.63, 3.8) is 0 Å². The molecule has 0 aliphatic heterocycles. The summed E-state index contributed by atoms with van der Waals surface area (Å²) in [5.74, 6) is 0.0568. The van der Waals surface area contributed by atoms with Gasteiger partial charge in [-0.2, -0.15) is 0 Å². The Labute approximate surface area is 152 Å². The van der Waals surface area contributed by atoms with E-state index in [1.165, 1.54) is 0 Å². The number of ether oxygens (including phenoxy) is 1. The van der Waals surface area contributed by atoms with E-state index in [-0.39, 0.29) is 12.4 Å². The van der Waals surface area contributed by atoms with Crippen LogP contribution in [0.4, 0.5) is 5.69 Å². The van der Waals surface area contributed by atoms with E-state index in [1.807, 2.05) is 45.0 Å². The third kappa shape index (κ3) is 4.89. The van der Waals surface area contributed by atoms with E-state index in [2.05, 4.69) is 0 Å². The smallest absolute Gasteiger partial charge is 0.310 e. The second-order valence-corrected chi connectivity index (χ2v) is 7.32. The van der Waals surface area contributed by atoms with E-state index in [1.54, 1.807) is 12.1 Å². The topological polar surface area (TPSA) is 52.3 Å². The maximum absolute atomic E-state index is 12.0. The first-order valence-electron chi connectivity index (χ1n) is 7.64. The molecular weight excluding hydrogens is 345 g/mol. The third-order valence-electron chi connectivity index (χ3n) is 3.39. The first kappa shape index (κ1) is 18.6. The van der Waals surface area contributed by atoms with Crippen molar-refractivity contribution in [2.24, 2.45) is 0 Å². The summed E-state index contributed by atoms with van der Waals surface area (Å²) >= 11 is 12.1. The van der Waals surface area contributed by atoms with Crippen molar-refractivity contribution in [2.45, 2.75) is 38.7 Å². The zero-order valence-corrected chi connectivity index (χ0v) is 15.5. The number of hydrogen-bond acceptors (Lipinski definition) is 3. The SMILES string of the molecule is CC(C)(C)OC(=O)Cc1ccc(-c2ccc(Cl)cc2N)c(CCl)c1. The number of nitrogen functional groups attached to an aromatic ring is 1. The van der Waals surface area contributed by atoms with E-state index in [0.29, 0.717) is 16.6 Å². The standard InChI is InChI=1S/C19H21Cl2NO2/c1-19(2,3)24-18(23)9-12-4-6-15(13(8-12)11-20)16-7-5-14(21)10-17(16)22/h4-8,10H,9,11,22H2,1-3H3. The molecule has 2 aromatic carbocycles. The summed E-state index contributed by atoms with van der Waals surface area (Å²) < 4.78 is 5.36. The van der Waals surface area contributed by atoms with Crippen molar-refractivity contribution in [1.82, 2.24) is 0 Å². The summed E-state index contributed by atoms with van der Waals surface area (Å²) in [6.07, 6.45) is 0.206. The second kappa shape index (κ2) is 7.45. The predicted molar refractivity (Wildman–Crippen MR) is 100 cm³/mol. The molecule has 24 heavy (non-hydrogen) atoms. The van der Waals surface area contributed by atoms with Gasteiger partial charge in [-0.3, -0.25) is 4.79 Å². The predicted octanol–water partition coefficient (Wildman–Crippen LogP) is 5.21. The van der Waals surface area contributed by atoms with Crippen LogP contribution >= 0.6 is 23.2 Å². The number of anilines is 1. The van der Waals surface area contributed by atoms with Crippen LogP contribution in [0.25, 0.3) is 11.1 Å². The van der Waals surface area contributed by atoms with Gasteiger partial charge in [-0.1, -0.05) is 35.9 Å². The van der Waals surface area contributed by atoms with Crippen molar-refractivity contribution < 1.29 is 9.53 Å². The van der Waals surface area contributed by atoms with Gasteiger partial charge in [0.2, 0.25) is 0 Å². The molecule has 5 heteroatoms. The second-order valence-electron chi connectivity index (χ2n) is 6.62. The van der Waals surface area contributed by atoms with Crippen molar-refractivity contribution >= 4 is 34.9 Å². The third-order valence-corrected chi connectivity index (χ3v) is 3.91. The molecule has 0 saturated heterocycles. The number of hydrogen-bond donors (Lipinski definition) is 1. The van der Waals surface area contributed by atoms with Gasteiger partial charge < -0.3 is 10.5 Å². The van der Waals surface area contributed by atoms with Gasteiger partial charge in [-0.25, -0.2) is 0 Å². The highest BCUT2D eigenvalue weighted by Crippen LogP contribution is 2.32. The van der Waals surface area contributed by atoms with Gasteiger partial charge in [0, 0.05) is 22.2 Å². The lowest BCUT2D eigenvalue weighted by Gasteiger charge is -2.19. The molecule has 2 rings (SSSR count). The van der Waals surface area contributed by atoms with Gasteiger partial charge in [-0.05, 0) is 49.6 Å². The first-order chi connectivity index (χ1) is 11.2. The average molecular weight is 366 g/mol. The fourth-order valence-electron chi connectivity index (χ4n) is 2.45. The number of esters is 1. The Hall–Kier alpha value is -1.71. The number of alkyl halides is 1. The van der Waals surface area contributed by atoms with Crippen molar-refractivity contribution in [3.8, 4) is 11.1 Å². The van der Waals surface area contributed by atoms with Crippen LogP contribution in [0.3, 0.4) is 0 Å². The summed E-state index contributed by atoms with van der Waals surface area (Å²) in [4.78, 5) is 12.0. The van der Waals surface area contributed by atoms with E-state index in [4.69, 9.17) is 33.7 Å². The van der Waals surface area contributed by atoms with E-state index in [0.717, 1.165) is 22.3 Å². The molecule has 0 aliphatic carbocycles. The van der Waals surface area contributed by atoms with E-state index < -0.39 is 5.60 Å². The van der Waals surface area contributed by atoms with Crippen molar-refractivity contribution in [1.29, 1.82) is 0 Å². The molecule has 0 fully saturated rings. The Morgan fingerprint density at radius 3 is 2.38 bits per heavy atom. The Morgan fingerprint density at radius 2 is 1.79 bits per heavy atom. The molecule has 0 bridgehead atoms. The quantitative estimate of drug-likeness (QED) is 0.459. The molecule has 0 aliphatic rings. The summed E-state index contributed by atoms with van der Waals surface area (Å²) in [5.41, 5.74) is 9.74. The Balaban J connectivity index is 2.29. The monoisotopic (exact) mass is 365 g/mol. The van der Waals surface area contributed by atoms with Crippen LogP contribution in [-0.2, 0) is 21.8 Å². The molecule has 0 radical (unpaired) electrons. The van der Waals surface area contributed by atoms with E-state index >= 15 is 0 Å². The molecule has 3 nitrogen and oxygen atoms in total. The van der Waals surface area contributed by atoms with Crippen LogP contribution in [0, 0.1) is 0 Å². The minimum atomic E-state index is -0.496. The largest absolute Gasteiger partial charge is 0.460 e. The molecular formula is C19H21Cl2NO2. The lowest BCUT2D eigenvalue weighted by Crippen LogP contribution is -2.24. The van der Waals surface area contributed by atoms with Gasteiger partial charge in [0.25, 0.3) is 0 Å². The first-order valence-corrected chi connectivity index (χ1v) is 8.56. The molecule has 2 aromatic rings. The molecule has 0 unspecified atom stereocenters. The fourth-order valence-corrected chi connectivity index (χ4v) is 2.86.